The van der Waals surface area contributed by atoms with Crippen LogP contribution in [0.25, 0.3) is 0 Å². The van der Waals surface area contributed by atoms with Gasteiger partial charge in [0.15, 0.2) is 0 Å². The number of rotatable bonds is 6. The van der Waals surface area contributed by atoms with Gasteiger partial charge in [-0.25, -0.2) is 0 Å². The molecule has 0 atom stereocenters. The first-order chi connectivity index (χ1) is 9.69. The van der Waals surface area contributed by atoms with Crippen LogP contribution in [0.2, 0.25) is 0 Å². The van der Waals surface area contributed by atoms with E-state index in [9.17, 15) is 0 Å². The highest BCUT2D eigenvalue weighted by Crippen LogP contribution is 2.27. The summed E-state index contributed by atoms with van der Waals surface area (Å²) in [6, 6.07) is 2.29. The average molecular weight is 278 g/mol. The van der Waals surface area contributed by atoms with Crippen LogP contribution in [0.3, 0.4) is 0 Å². The molecule has 1 saturated heterocycles. The van der Waals surface area contributed by atoms with E-state index in [1.54, 1.807) is 0 Å². The topological polar surface area (TPSA) is 33.1 Å². The minimum absolute atomic E-state index is 0.313. The fourth-order valence-electron chi connectivity index (χ4n) is 3.36. The largest absolute Gasteiger partial charge is 0.314 e. The molecule has 0 bridgehead atoms. The molecule has 1 aromatic rings. The summed E-state index contributed by atoms with van der Waals surface area (Å²) in [7, 11) is 0. The van der Waals surface area contributed by atoms with Crippen molar-refractivity contribution in [2.24, 2.45) is 0 Å². The summed E-state index contributed by atoms with van der Waals surface area (Å²) in [5.74, 6) is 0. The Kier molecular flexibility index (Phi) is 5.22. The third kappa shape index (κ3) is 2.91. The van der Waals surface area contributed by atoms with E-state index in [2.05, 4.69) is 53.8 Å². The standard InChI is InChI=1S/C16H30N4/c1-5-14-11-15(20(8-4)18-14)12-19-10-9-17-13-16(19,6-2)7-3/h11,17H,5-10,12-13H2,1-4H3. The molecule has 0 radical (unpaired) electrons. The van der Waals surface area contributed by atoms with Crippen LogP contribution in [0.1, 0.15) is 51.9 Å². The molecule has 4 nitrogen and oxygen atoms in total. The smallest absolute Gasteiger partial charge is 0.0625 e. The number of nitrogens with one attached hydrogen (secondary N) is 1. The molecular formula is C16H30N4. The highest BCUT2D eigenvalue weighted by atomic mass is 15.3. The maximum atomic E-state index is 4.69. The fourth-order valence-corrected chi connectivity index (χ4v) is 3.36. The van der Waals surface area contributed by atoms with Crippen molar-refractivity contribution in [2.45, 2.75) is 65.6 Å². The van der Waals surface area contributed by atoms with E-state index < -0.39 is 0 Å². The van der Waals surface area contributed by atoms with Gasteiger partial charge in [-0.1, -0.05) is 20.8 Å². The second-order valence-corrected chi connectivity index (χ2v) is 5.83. The minimum atomic E-state index is 0.313. The second kappa shape index (κ2) is 6.72. The Balaban J connectivity index is 2.20. The molecule has 114 valence electrons. The third-order valence-corrected chi connectivity index (χ3v) is 4.93. The SMILES string of the molecule is CCc1cc(CN2CCNCC2(CC)CC)n(CC)n1. The van der Waals surface area contributed by atoms with Crippen molar-refractivity contribution in [3.63, 3.8) is 0 Å². The lowest BCUT2D eigenvalue weighted by atomic mass is 9.88. The van der Waals surface area contributed by atoms with Crippen molar-refractivity contribution in [3.8, 4) is 0 Å². The van der Waals surface area contributed by atoms with E-state index in [-0.39, 0.29) is 0 Å². The van der Waals surface area contributed by atoms with E-state index in [1.165, 1.54) is 24.2 Å². The zero-order chi connectivity index (χ0) is 14.6. The van der Waals surface area contributed by atoms with E-state index in [0.29, 0.717) is 5.54 Å². The van der Waals surface area contributed by atoms with Crippen LogP contribution in [0, 0.1) is 0 Å². The van der Waals surface area contributed by atoms with Gasteiger partial charge in [0.25, 0.3) is 0 Å². The van der Waals surface area contributed by atoms with Gasteiger partial charge in [0.05, 0.1) is 11.4 Å². The molecule has 20 heavy (non-hydrogen) atoms. The van der Waals surface area contributed by atoms with Gasteiger partial charge < -0.3 is 5.32 Å². The predicted octanol–water partition coefficient (Wildman–Crippen LogP) is 2.43. The van der Waals surface area contributed by atoms with Gasteiger partial charge in [-0.15, -0.1) is 0 Å². The van der Waals surface area contributed by atoms with E-state index in [1.807, 2.05) is 0 Å². The molecule has 1 fully saturated rings. The number of aromatic nitrogens is 2. The van der Waals surface area contributed by atoms with Crippen molar-refractivity contribution in [1.82, 2.24) is 20.0 Å². The second-order valence-electron chi connectivity index (χ2n) is 5.83. The first-order valence-electron chi connectivity index (χ1n) is 8.20. The van der Waals surface area contributed by atoms with Crippen molar-refractivity contribution in [3.05, 3.63) is 17.5 Å². The number of hydrogen-bond acceptors (Lipinski definition) is 3. The predicted molar refractivity (Wildman–Crippen MR) is 83.9 cm³/mol. The maximum Gasteiger partial charge on any atom is 0.0625 e. The van der Waals surface area contributed by atoms with Gasteiger partial charge in [-0.05, 0) is 32.3 Å². The lowest BCUT2D eigenvalue weighted by Gasteiger charge is -2.47. The molecule has 4 heteroatoms. The molecule has 0 saturated carbocycles. The van der Waals surface area contributed by atoms with Crippen molar-refractivity contribution in [1.29, 1.82) is 0 Å². The Bertz CT molecular complexity index is 420. The molecule has 0 aliphatic carbocycles. The number of aryl methyl sites for hydroxylation is 2. The van der Waals surface area contributed by atoms with Crippen LogP contribution in [0.15, 0.2) is 6.07 Å². The van der Waals surface area contributed by atoms with E-state index in [0.717, 1.165) is 39.1 Å². The third-order valence-electron chi connectivity index (χ3n) is 4.93. The monoisotopic (exact) mass is 278 g/mol. The Hall–Kier alpha value is -0.870. The van der Waals surface area contributed by atoms with Crippen LogP contribution in [0.4, 0.5) is 0 Å². The number of piperazine rings is 1. The summed E-state index contributed by atoms with van der Waals surface area (Å²) < 4.78 is 2.18. The van der Waals surface area contributed by atoms with Gasteiger partial charge in [0.2, 0.25) is 0 Å². The molecule has 0 spiro atoms. The minimum Gasteiger partial charge on any atom is -0.314 e. The summed E-state index contributed by atoms with van der Waals surface area (Å²) in [6.07, 6.45) is 3.43. The maximum absolute atomic E-state index is 4.69. The molecule has 1 N–H and O–H groups in total. The summed E-state index contributed by atoms with van der Waals surface area (Å²) >= 11 is 0. The summed E-state index contributed by atoms with van der Waals surface area (Å²) in [4.78, 5) is 2.67. The van der Waals surface area contributed by atoms with Crippen molar-refractivity contribution in [2.75, 3.05) is 19.6 Å². The average Bonchev–Trinajstić information content (AvgIpc) is 2.90. The first-order valence-corrected chi connectivity index (χ1v) is 8.20. The molecule has 1 aromatic heterocycles. The molecule has 0 unspecified atom stereocenters. The molecule has 0 amide bonds. The van der Waals surface area contributed by atoms with Crippen LogP contribution in [-0.2, 0) is 19.5 Å². The number of hydrogen-bond donors (Lipinski definition) is 1. The highest BCUT2D eigenvalue weighted by Gasteiger charge is 2.35. The van der Waals surface area contributed by atoms with E-state index in [4.69, 9.17) is 0 Å². The molecular weight excluding hydrogens is 248 g/mol. The fraction of sp³-hybridized carbons (Fsp3) is 0.812. The Morgan fingerprint density at radius 2 is 2.00 bits per heavy atom. The summed E-state index contributed by atoms with van der Waals surface area (Å²) in [5, 5.41) is 8.26. The lowest BCUT2D eigenvalue weighted by molar-refractivity contribution is 0.0424. The van der Waals surface area contributed by atoms with Gasteiger partial charge in [0.1, 0.15) is 0 Å². The normalized spacial score (nSPS) is 19.4. The van der Waals surface area contributed by atoms with Crippen molar-refractivity contribution < 1.29 is 0 Å². The first kappa shape index (κ1) is 15.5. The zero-order valence-electron chi connectivity index (χ0n) is 13.6. The molecule has 0 aromatic carbocycles. The number of nitrogens with zero attached hydrogens (tertiary/aromatic N) is 3. The van der Waals surface area contributed by atoms with Crippen LogP contribution in [0.5, 0.6) is 0 Å². The van der Waals surface area contributed by atoms with Crippen LogP contribution >= 0.6 is 0 Å². The van der Waals surface area contributed by atoms with Crippen LogP contribution in [-0.4, -0.2) is 39.9 Å². The van der Waals surface area contributed by atoms with Gasteiger partial charge in [-0.3, -0.25) is 9.58 Å². The van der Waals surface area contributed by atoms with Gasteiger partial charge in [-0.2, -0.15) is 5.10 Å². The molecule has 1 aliphatic heterocycles. The zero-order valence-corrected chi connectivity index (χ0v) is 13.6. The van der Waals surface area contributed by atoms with Gasteiger partial charge >= 0.3 is 0 Å². The summed E-state index contributed by atoms with van der Waals surface area (Å²) in [5.41, 5.74) is 2.90. The quantitative estimate of drug-likeness (QED) is 0.867. The molecule has 2 rings (SSSR count). The summed E-state index contributed by atoms with van der Waals surface area (Å²) in [6.45, 7) is 14.3. The van der Waals surface area contributed by atoms with E-state index >= 15 is 0 Å². The Morgan fingerprint density at radius 3 is 2.60 bits per heavy atom. The van der Waals surface area contributed by atoms with Crippen LogP contribution < -0.4 is 5.32 Å². The Labute approximate surface area is 123 Å². The molecule has 2 heterocycles. The highest BCUT2D eigenvalue weighted by molar-refractivity contribution is 5.12. The Morgan fingerprint density at radius 1 is 1.25 bits per heavy atom. The van der Waals surface area contributed by atoms with Gasteiger partial charge in [0, 0.05) is 38.3 Å². The lowest BCUT2D eigenvalue weighted by Crippen LogP contribution is -2.60. The molecule has 1 aliphatic rings. The van der Waals surface area contributed by atoms with Crippen molar-refractivity contribution >= 4 is 0 Å².